The minimum atomic E-state index is -2.89. The minimum absolute atomic E-state index is 0. The van der Waals surface area contributed by atoms with Gasteiger partial charge in [-0.05, 0) is 121 Å². The molecule has 0 aliphatic rings. The van der Waals surface area contributed by atoms with E-state index < -0.39 is 173 Å². The zero-order chi connectivity index (χ0) is 73.8. The van der Waals surface area contributed by atoms with E-state index in [-0.39, 0.29) is 99.7 Å². The van der Waals surface area contributed by atoms with Crippen LogP contribution in [0.25, 0.3) is 106 Å². The van der Waals surface area contributed by atoms with Gasteiger partial charge in [0.25, 0.3) is 6.33 Å². The number of imidazole rings is 1. The zero-order valence-corrected chi connectivity index (χ0v) is 43.1. The van der Waals surface area contributed by atoms with Crippen molar-refractivity contribution in [2.45, 2.75) is 33.0 Å². The Hall–Kier alpha value is -8.89. The average Bonchev–Trinajstić information content (AvgIpc) is 1.71. The summed E-state index contributed by atoms with van der Waals surface area (Å²) in [5.74, 6) is 0.255. The molecule has 3 heterocycles. The third-order valence-corrected chi connectivity index (χ3v) is 12.7. The first-order chi connectivity index (χ1) is 48.0. The number of rotatable bonds is 10. The first-order valence-corrected chi connectivity index (χ1v) is 23.7. The Balaban J connectivity index is 0.00001000. The fourth-order valence-corrected chi connectivity index (χ4v) is 9.26. The molecule has 13 aromatic rings. The molecule has 0 radical (unpaired) electrons. The molecule has 5 nitrogen and oxygen atoms in total. The van der Waals surface area contributed by atoms with E-state index >= 15 is 0 Å². The summed E-state index contributed by atoms with van der Waals surface area (Å²) in [6, 6.07) is 16.3. The molecular weight excluding hydrogens is 1120 g/mol. The van der Waals surface area contributed by atoms with Crippen molar-refractivity contribution >= 4 is 32.8 Å². The first-order valence-electron chi connectivity index (χ1n) is 36.7. The summed E-state index contributed by atoms with van der Waals surface area (Å²) in [7, 11) is 0. The van der Waals surface area contributed by atoms with Gasteiger partial charge in [-0.1, -0.05) is 196 Å². The van der Waals surface area contributed by atoms with E-state index in [0.29, 0.717) is 27.4 Å². The summed E-state index contributed by atoms with van der Waals surface area (Å²) < 4.78 is 242. The van der Waals surface area contributed by atoms with Crippen molar-refractivity contribution in [3.8, 4) is 84.3 Å². The van der Waals surface area contributed by atoms with E-state index in [1.165, 1.54) is 22.8 Å². The number of para-hydroxylation sites is 2. The van der Waals surface area contributed by atoms with Crippen LogP contribution in [0.15, 0.2) is 242 Å². The molecule has 0 unspecified atom stereocenters. The molecule has 0 atom stereocenters. The van der Waals surface area contributed by atoms with Crippen molar-refractivity contribution in [1.29, 1.82) is 0 Å². The monoisotopic (exact) mass is 1200 g/mol. The number of ether oxygens (including phenoxy) is 1. The maximum Gasteiger partial charge on any atom is 0.268 e. The van der Waals surface area contributed by atoms with Gasteiger partial charge in [0.15, 0.2) is 0 Å². The van der Waals surface area contributed by atoms with Crippen LogP contribution in [0.3, 0.4) is 0 Å². The second kappa shape index (κ2) is 20.3. The molecule has 0 spiro atoms. The molecule has 0 aliphatic carbocycles. The predicted molar refractivity (Wildman–Crippen MR) is 311 cm³/mol. The number of pyridine rings is 1. The summed E-state index contributed by atoms with van der Waals surface area (Å²) in [5.41, 5.74) is -2.37. The fourth-order valence-electron chi connectivity index (χ4n) is 9.26. The Bertz CT molecular complexity index is 5630. The molecule has 374 valence electrons. The van der Waals surface area contributed by atoms with Crippen LogP contribution in [0.5, 0.6) is 11.5 Å². The van der Waals surface area contributed by atoms with Crippen molar-refractivity contribution < 1.29 is 66.0 Å². The number of benzene rings is 10. The second-order valence-electron chi connectivity index (χ2n) is 18.5. The summed E-state index contributed by atoms with van der Waals surface area (Å²) in [6.07, 6.45) is 4.59. The van der Waals surface area contributed by atoms with Crippen molar-refractivity contribution in [3.05, 3.63) is 272 Å². The maximum atomic E-state index is 10.2. The molecule has 0 fully saturated rings. The number of aryl methyl sites for hydroxylation is 1. The van der Waals surface area contributed by atoms with Crippen LogP contribution in [0.2, 0.25) is 0 Å². The summed E-state index contributed by atoms with van der Waals surface area (Å²) in [4.78, 5) is 4.67. The van der Waals surface area contributed by atoms with Gasteiger partial charge in [0.05, 0.1) is 48.2 Å². The Kier molecular flexibility index (Phi) is 7.33. The Labute approximate surface area is 500 Å². The third kappa shape index (κ3) is 9.28. The first kappa shape index (κ1) is 27.8. The average molecular weight is 1200 g/mol. The third-order valence-electron chi connectivity index (χ3n) is 12.7. The van der Waals surface area contributed by atoms with Crippen molar-refractivity contribution in [2.24, 2.45) is 0 Å². The fraction of sp³-hybridized carbons (Fsp3) is 0.0704. The van der Waals surface area contributed by atoms with E-state index in [0.717, 1.165) is 6.20 Å². The van der Waals surface area contributed by atoms with Crippen LogP contribution in [0.4, 0.5) is 0 Å². The van der Waals surface area contributed by atoms with E-state index in [1.54, 1.807) is 75.9 Å². The number of hydrogen-bond acceptors (Lipinski definition) is 2. The van der Waals surface area contributed by atoms with E-state index in [1.807, 2.05) is 32.9 Å². The van der Waals surface area contributed by atoms with Crippen LogP contribution < -0.4 is 9.30 Å². The molecule has 10 aromatic carbocycles. The van der Waals surface area contributed by atoms with Crippen LogP contribution in [0, 0.1) is 25.3 Å². The second-order valence-corrected chi connectivity index (χ2v) is 18.5. The van der Waals surface area contributed by atoms with Gasteiger partial charge in [0.1, 0.15) is 5.82 Å². The molecule has 0 saturated heterocycles. The SMILES string of the molecule is [2H]c1c([2H])c([2H])c(-c2ccc3c(c2)n(-c2[c-]c(Oc4[c-]c5c(cc4)c4ccccc4n5-c4cc(C([2H])([2H])[2H])c(-c5c([2H])c([2H])c([2H])c([2H])c5[2H])cn4)ccc2)[c-][n+]3-c2c(-c3c([2H])c(-c4c([2H])c([2H])c([2H])c([2H])c4[2H])c([2H])c(-c4c([2H])c([2H])c([2H])c([2H])c4[2H])c3[2H])cccc2C(C)(C)C)c([2H])c1[2H].[Pt]. The molecule has 0 aliphatic heterocycles. The van der Waals surface area contributed by atoms with Crippen LogP contribution in [-0.4, -0.2) is 14.1 Å². The molecular formula is C71H52N4OPt-2. The summed E-state index contributed by atoms with van der Waals surface area (Å²) in [5, 5.41) is 1.33. The smallest absolute Gasteiger partial charge is 0.268 e. The summed E-state index contributed by atoms with van der Waals surface area (Å²) in [6.45, 7) is 2.72. The van der Waals surface area contributed by atoms with E-state index in [2.05, 4.69) is 23.4 Å². The van der Waals surface area contributed by atoms with Gasteiger partial charge in [0, 0.05) is 54.0 Å². The number of hydrogen-bond donors (Lipinski definition) is 0. The zero-order valence-electron chi connectivity index (χ0n) is 66.8. The molecule has 6 heteroatoms. The van der Waals surface area contributed by atoms with Gasteiger partial charge >= 0.3 is 0 Å². The maximum absolute atomic E-state index is 10.2. The van der Waals surface area contributed by atoms with Gasteiger partial charge in [-0.3, -0.25) is 4.57 Å². The topological polar surface area (TPSA) is 35.9 Å². The van der Waals surface area contributed by atoms with Crippen LogP contribution in [0.1, 0.15) is 67.5 Å². The van der Waals surface area contributed by atoms with Gasteiger partial charge in [-0.25, -0.2) is 4.98 Å². The van der Waals surface area contributed by atoms with Crippen LogP contribution in [-0.2, 0) is 26.5 Å². The Morgan fingerprint density at radius 1 is 0.545 bits per heavy atom. The van der Waals surface area contributed by atoms with E-state index in [4.69, 9.17) is 36.3 Å². The minimum Gasteiger partial charge on any atom is -0.510 e. The summed E-state index contributed by atoms with van der Waals surface area (Å²) >= 11 is 0. The van der Waals surface area contributed by atoms with E-state index in [9.17, 15) is 4.11 Å². The molecule has 3 aromatic heterocycles. The molecule has 0 amide bonds. The van der Waals surface area contributed by atoms with Gasteiger partial charge < -0.3 is 13.9 Å². The molecule has 0 bridgehead atoms. The molecule has 0 N–H and O–H groups in total. The van der Waals surface area contributed by atoms with Gasteiger partial charge in [-0.2, -0.15) is 18.2 Å². The molecule has 0 saturated carbocycles. The largest absolute Gasteiger partial charge is 0.510 e. The van der Waals surface area contributed by atoms with Crippen molar-refractivity contribution in [1.82, 2.24) is 14.1 Å². The Morgan fingerprint density at radius 3 is 1.84 bits per heavy atom. The molecule has 13 rings (SSSR count). The van der Waals surface area contributed by atoms with Gasteiger partial charge in [-0.15, -0.1) is 29.7 Å². The number of fused-ring (bicyclic) bond motifs is 4. The normalized spacial score (nSPS) is 16.5. The van der Waals surface area contributed by atoms with Crippen LogP contribution >= 0.6 is 0 Å². The number of nitrogens with zero attached hydrogens (tertiary/aromatic N) is 4. The van der Waals surface area contributed by atoms with Crippen molar-refractivity contribution in [2.75, 3.05) is 0 Å². The molecule has 77 heavy (non-hydrogen) atoms. The standard InChI is InChI=1S/C71H52N4O.Pt/c1-48-39-69(72-46-63(48)52-27-15-8-16-28-52)75-65-34-18-17-31-61(65)62-37-36-59(45-67(62)75)76-58-30-19-29-57(44-58)73-47-74(66-38-35-53(43-68(66)73)49-21-9-5-10-22-49)70-60(32-20-33-64(70)71(2,3)4)56-41-54(50-23-11-6-12-24-50)40-55(42-56)51-25-13-7-14-26-51;/h5-43,46H,1-4H3;/q-2;/i1D3,5D,6D,7D,8D,9D,10D,11D,12D,13D,14D,15D,16D,21D,22D,23D,24D,25D,26D,27D,28D,40D,41D,42D;. The quantitative estimate of drug-likeness (QED) is 0.101. The van der Waals surface area contributed by atoms with Crippen molar-refractivity contribution in [3.63, 3.8) is 0 Å². The van der Waals surface area contributed by atoms with Gasteiger partial charge in [0.2, 0.25) is 0 Å². The number of aromatic nitrogens is 4. The Morgan fingerprint density at radius 2 is 1.17 bits per heavy atom. The predicted octanol–water partition coefficient (Wildman–Crippen LogP) is 17.5.